The van der Waals surface area contributed by atoms with E-state index in [2.05, 4.69) is 32.9 Å². The molecule has 7 unspecified atom stereocenters. The lowest BCUT2D eigenvalue weighted by Crippen LogP contribution is -2.62. The maximum Gasteiger partial charge on any atom is 0.309 e. The second-order valence-electron chi connectivity index (χ2n) is 10.5. The molecule has 3 fully saturated rings. The molecule has 0 aromatic rings. The number of nitrogens with zero attached hydrogens (tertiary/aromatic N) is 1. The fourth-order valence-corrected chi connectivity index (χ4v) is 7.99. The Balaban J connectivity index is 1.82. The number of aliphatic carboxylic acids is 1. The van der Waals surface area contributed by atoms with Crippen molar-refractivity contribution in [3.63, 3.8) is 0 Å². The third kappa shape index (κ3) is 2.08. The molecule has 0 amide bonds. The molecule has 0 aromatic heterocycles. The van der Waals surface area contributed by atoms with Crippen molar-refractivity contribution in [1.82, 2.24) is 0 Å². The monoisotopic (exact) mass is 355 g/mol. The van der Waals surface area contributed by atoms with Gasteiger partial charge in [-0.25, -0.2) is 0 Å². The van der Waals surface area contributed by atoms with E-state index in [4.69, 9.17) is 0 Å². The largest absolute Gasteiger partial charge is 0.481 e. The summed E-state index contributed by atoms with van der Waals surface area (Å²) in [6.07, 6.45) is 9.62. The minimum atomic E-state index is -0.611. The van der Waals surface area contributed by atoms with Crippen LogP contribution in [0.3, 0.4) is 0 Å². The lowest BCUT2D eigenvalue weighted by atomic mass is 9.36. The van der Waals surface area contributed by atoms with Crippen molar-refractivity contribution in [2.45, 2.75) is 72.6 Å². The van der Waals surface area contributed by atoms with Gasteiger partial charge < -0.3 is 5.11 Å². The summed E-state index contributed by atoms with van der Waals surface area (Å²) in [6, 6.07) is 2.68. The first-order valence-corrected chi connectivity index (χ1v) is 10.5. The van der Waals surface area contributed by atoms with E-state index in [-0.39, 0.29) is 22.7 Å². The molecule has 0 aromatic carbocycles. The Bertz CT molecular complexity index is 703. The number of rotatable bonds is 2. The molecule has 3 saturated carbocycles. The van der Waals surface area contributed by atoms with E-state index in [9.17, 15) is 15.2 Å². The summed E-state index contributed by atoms with van der Waals surface area (Å²) in [4.78, 5) is 12.2. The number of carbonyl (C=O) groups is 1. The zero-order valence-corrected chi connectivity index (χ0v) is 16.7. The number of carboxylic acid groups (broad SMARTS) is 1. The van der Waals surface area contributed by atoms with Crippen molar-refractivity contribution in [2.75, 3.05) is 0 Å². The lowest BCUT2D eigenvalue weighted by molar-refractivity contribution is -0.185. The lowest BCUT2D eigenvalue weighted by Gasteiger charge is -2.67. The molecule has 0 saturated heterocycles. The van der Waals surface area contributed by atoms with Crippen molar-refractivity contribution in [2.24, 2.45) is 45.8 Å². The van der Waals surface area contributed by atoms with Crippen molar-refractivity contribution in [3.8, 4) is 6.07 Å². The maximum atomic E-state index is 12.2. The molecular weight excluding hydrogens is 322 g/mol. The van der Waals surface area contributed by atoms with E-state index in [1.54, 1.807) is 5.57 Å². The van der Waals surface area contributed by atoms with Gasteiger partial charge in [-0.2, -0.15) is 5.26 Å². The number of hydrogen-bond donors (Lipinski definition) is 1. The Morgan fingerprint density at radius 1 is 1.23 bits per heavy atom. The van der Waals surface area contributed by atoms with Crippen molar-refractivity contribution in [1.29, 1.82) is 5.26 Å². The predicted molar refractivity (Wildman–Crippen MR) is 101 cm³/mol. The summed E-state index contributed by atoms with van der Waals surface area (Å²) in [6.45, 7) is 8.94. The van der Waals surface area contributed by atoms with Crippen LogP contribution in [0.25, 0.3) is 0 Å². The molecule has 5 aliphatic carbocycles. The molecule has 7 atom stereocenters. The molecule has 0 aliphatic heterocycles. The smallest absolute Gasteiger partial charge is 0.309 e. The third-order valence-corrected chi connectivity index (χ3v) is 9.19. The van der Waals surface area contributed by atoms with Gasteiger partial charge in [0.1, 0.15) is 0 Å². The van der Waals surface area contributed by atoms with Crippen molar-refractivity contribution >= 4 is 5.97 Å². The predicted octanol–water partition coefficient (Wildman–Crippen LogP) is 5.43. The van der Waals surface area contributed by atoms with E-state index in [1.165, 1.54) is 6.42 Å². The van der Waals surface area contributed by atoms with Crippen LogP contribution in [0.2, 0.25) is 0 Å². The Morgan fingerprint density at radius 2 is 1.96 bits per heavy atom. The van der Waals surface area contributed by atoms with Crippen LogP contribution in [0.1, 0.15) is 72.6 Å². The average Bonchev–Trinajstić information content (AvgIpc) is 2.60. The van der Waals surface area contributed by atoms with Gasteiger partial charge in [-0.3, -0.25) is 4.79 Å². The second-order valence-corrected chi connectivity index (χ2v) is 10.5. The van der Waals surface area contributed by atoms with Gasteiger partial charge in [-0.15, -0.1) is 0 Å². The van der Waals surface area contributed by atoms with Crippen LogP contribution in [0.5, 0.6) is 0 Å². The molecule has 26 heavy (non-hydrogen) atoms. The van der Waals surface area contributed by atoms with E-state index in [1.807, 2.05) is 6.92 Å². The standard InChI is InChI=1S/C23H33NO2/c1-14(2)17-12-23-9-6-18-21(3,7-5-8-22(18,4)20(25)26)19(23)11-15(17)10-16(23)13-24/h12,14-16,18-19H,5-11H2,1-4H3,(H,25,26). The fraction of sp³-hybridized carbons (Fsp3) is 0.826. The maximum absolute atomic E-state index is 12.2. The summed E-state index contributed by atoms with van der Waals surface area (Å²) >= 11 is 0. The minimum Gasteiger partial charge on any atom is -0.481 e. The van der Waals surface area contributed by atoms with Gasteiger partial charge in [0.05, 0.1) is 17.4 Å². The third-order valence-electron chi connectivity index (χ3n) is 9.19. The number of hydrogen-bond acceptors (Lipinski definition) is 2. The quantitative estimate of drug-likeness (QED) is 0.672. The highest BCUT2D eigenvalue weighted by atomic mass is 16.4. The minimum absolute atomic E-state index is 0.00882. The Kier molecular flexibility index (Phi) is 3.89. The van der Waals surface area contributed by atoms with E-state index >= 15 is 0 Å². The molecule has 1 N–H and O–H groups in total. The molecule has 5 rings (SSSR count). The second kappa shape index (κ2) is 5.60. The van der Waals surface area contributed by atoms with Gasteiger partial charge in [0.2, 0.25) is 0 Å². The summed E-state index contributed by atoms with van der Waals surface area (Å²) in [5, 5.41) is 20.0. The Labute approximate surface area is 157 Å². The highest BCUT2D eigenvalue weighted by Crippen LogP contribution is 2.72. The van der Waals surface area contributed by atoms with Gasteiger partial charge in [0.25, 0.3) is 0 Å². The van der Waals surface area contributed by atoms with Gasteiger partial charge in [0.15, 0.2) is 0 Å². The van der Waals surface area contributed by atoms with Crippen molar-refractivity contribution in [3.05, 3.63) is 11.6 Å². The first-order valence-electron chi connectivity index (χ1n) is 10.5. The van der Waals surface area contributed by atoms with Crippen LogP contribution in [0, 0.1) is 57.2 Å². The molecular formula is C23H33NO2. The summed E-state index contributed by atoms with van der Waals surface area (Å²) in [5.41, 5.74) is 1.02. The normalized spacial score (nSPS) is 49.8. The van der Waals surface area contributed by atoms with Crippen LogP contribution >= 0.6 is 0 Å². The van der Waals surface area contributed by atoms with Gasteiger partial charge in [-0.05, 0) is 74.5 Å². The zero-order valence-electron chi connectivity index (χ0n) is 16.7. The first-order chi connectivity index (χ1) is 12.2. The molecule has 1 spiro atoms. The van der Waals surface area contributed by atoms with Crippen LogP contribution in [0.15, 0.2) is 11.6 Å². The highest BCUT2D eigenvalue weighted by molar-refractivity contribution is 5.75. The summed E-state index contributed by atoms with van der Waals surface area (Å²) < 4.78 is 0. The Hall–Kier alpha value is -1.30. The Morgan fingerprint density at radius 3 is 2.58 bits per heavy atom. The fourth-order valence-electron chi connectivity index (χ4n) is 7.99. The molecule has 0 radical (unpaired) electrons. The van der Waals surface area contributed by atoms with Gasteiger partial charge >= 0.3 is 5.97 Å². The van der Waals surface area contributed by atoms with Crippen LogP contribution in [-0.2, 0) is 4.79 Å². The first kappa shape index (κ1) is 18.1. The molecule has 3 heteroatoms. The van der Waals surface area contributed by atoms with Crippen LogP contribution < -0.4 is 0 Å². The summed E-state index contributed by atoms with van der Waals surface area (Å²) in [7, 11) is 0. The van der Waals surface area contributed by atoms with Crippen molar-refractivity contribution < 1.29 is 9.90 Å². The van der Waals surface area contributed by atoms with E-state index < -0.39 is 11.4 Å². The van der Waals surface area contributed by atoms with Gasteiger partial charge in [0, 0.05) is 5.41 Å². The SMILES string of the molecule is CC(C)C1=CC23CCC4C(C)(C(=O)O)CCCC4(C)C2CC1CC3C#N. The molecule has 142 valence electrons. The summed E-state index contributed by atoms with van der Waals surface area (Å²) in [5.74, 6) is 1.30. The molecule has 3 nitrogen and oxygen atoms in total. The number of fused-ring (bicyclic) bond motifs is 2. The van der Waals surface area contributed by atoms with Crippen LogP contribution in [-0.4, -0.2) is 11.1 Å². The molecule has 5 aliphatic rings. The zero-order chi connectivity index (χ0) is 18.9. The molecule has 0 heterocycles. The van der Waals surface area contributed by atoms with E-state index in [0.29, 0.717) is 17.8 Å². The number of carboxylic acids is 1. The average molecular weight is 356 g/mol. The highest BCUT2D eigenvalue weighted by Gasteiger charge is 2.66. The topological polar surface area (TPSA) is 61.1 Å². The number of allylic oxidation sites excluding steroid dienone is 2. The molecule has 2 bridgehead atoms. The van der Waals surface area contributed by atoms with Gasteiger partial charge in [-0.1, -0.05) is 38.8 Å². The van der Waals surface area contributed by atoms with Crippen LogP contribution in [0.4, 0.5) is 0 Å². The van der Waals surface area contributed by atoms with E-state index in [0.717, 1.165) is 38.5 Å². The number of nitriles is 1.